The molecule has 0 aromatic heterocycles. The van der Waals surface area contributed by atoms with Crippen molar-refractivity contribution >= 4 is 18.0 Å². The fourth-order valence-corrected chi connectivity index (χ4v) is 2.43. The largest absolute Gasteiger partial charge is 0.457 e. The number of carbonyl (C=O) groups is 1. The molecule has 2 rings (SSSR count). The monoisotopic (exact) mass is 356 g/mol. The van der Waals surface area contributed by atoms with Crippen molar-refractivity contribution in [2.75, 3.05) is 13.6 Å². The predicted molar refractivity (Wildman–Crippen MR) is 103 cm³/mol. The van der Waals surface area contributed by atoms with Crippen LogP contribution in [-0.4, -0.2) is 30.8 Å². The van der Waals surface area contributed by atoms with Crippen LogP contribution >= 0.6 is 0 Å². The molecule has 0 heterocycles. The van der Waals surface area contributed by atoms with Crippen LogP contribution in [0.1, 0.15) is 39.5 Å². The maximum Gasteiger partial charge on any atom is 0.338 e. The Hall–Kier alpha value is -2.69. The molecule has 0 saturated carbocycles. The summed E-state index contributed by atoms with van der Waals surface area (Å²) in [6, 6.07) is 8.37. The zero-order chi connectivity index (χ0) is 19.3. The number of carbonyl (C=O) groups excluding carboxylic acids is 1. The molecule has 0 saturated heterocycles. The van der Waals surface area contributed by atoms with E-state index < -0.39 is 5.97 Å². The van der Waals surface area contributed by atoms with E-state index in [-0.39, 0.29) is 12.4 Å². The third-order valence-corrected chi connectivity index (χ3v) is 4.25. The Balaban J connectivity index is 2.12. The second-order valence-electron chi connectivity index (χ2n) is 6.43. The maximum absolute atomic E-state index is 13.3. The molecule has 0 amide bonds. The van der Waals surface area contributed by atoms with E-state index in [9.17, 15) is 9.18 Å². The van der Waals surface area contributed by atoms with E-state index in [1.165, 1.54) is 6.07 Å². The second-order valence-corrected chi connectivity index (χ2v) is 6.43. The molecule has 0 N–H and O–H groups in total. The van der Waals surface area contributed by atoms with E-state index in [4.69, 9.17) is 4.74 Å². The highest BCUT2D eigenvalue weighted by Crippen LogP contribution is 2.24. The smallest absolute Gasteiger partial charge is 0.338 e. The topological polar surface area (TPSA) is 41.9 Å². The molecule has 0 aliphatic carbocycles. The minimum atomic E-state index is -0.395. The summed E-state index contributed by atoms with van der Waals surface area (Å²) >= 11 is 0. The maximum atomic E-state index is 13.3. The van der Waals surface area contributed by atoms with Crippen molar-refractivity contribution < 1.29 is 13.9 Å². The minimum Gasteiger partial charge on any atom is -0.457 e. The van der Waals surface area contributed by atoms with Gasteiger partial charge in [0.15, 0.2) is 0 Å². The van der Waals surface area contributed by atoms with Crippen LogP contribution in [0.25, 0.3) is 0 Å². The van der Waals surface area contributed by atoms with Crippen molar-refractivity contribution in [3.05, 3.63) is 64.0 Å². The molecule has 0 radical (unpaired) electrons. The van der Waals surface area contributed by atoms with Crippen LogP contribution < -0.4 is 0 Å². The molecule has 0 fully saturated rings. The quantitative estimate of drug-likeness (QED) is 0.427. The van der Waals surface area contributed by atoms with Gasteiger partial charge in [-0.05, 0) is 74.2 Å². The Labute approximate surface area is 154 Å². The highest BCUT2D eigenvalue weighted by Gasteiger charge is 2.13. The summed E-state index contributed by atoms with van der Waals surface area (Å²) < 4.78 is 18.7. The first-order valence-electron chi connectivity index (χ1n) is 8.59. The van der Waals surface area contributed by atoms with Gasteiger partial charge in [0.05, 0.1) is 17.6 Å². The Morgan fingerprint density at radius 1 is 1.15 bits per heavy atom. The molecule has 0 atom stereocenters. The summed E-state index contributed by atoms with van der Waals surface area (Å²) in [4.78, 5) is 18.9. The molecule has 2 aromatic carbocycles. The molecule has 0 aliphatic rings. The van der Waals surface area contributed by atoms with E-state index in [2.05, 4.69) is 4.99 Å². The molecular weight excluding hydrogens is 331 g/mol. The van der Waals surface area contributed by atoms with E-state index in [1.54, 1.807) is 31.5 Å². The first-order chi connectivity index (χ1) is 12.3. The molecular formula is C21H25FN2O2. The summed E-state index contributed by atoms with van der Waals surface area (Å²) in [5, 5.41) is 0. The van der Waals surface area contributed by atoms with Crippen molar-refractivity contribution in [1.82, 2.24) is 4.90 Å². The van der Waals surface area contributed by atoms with E-state index in [0.717, 1.165) is 28.9 Å². The summed E-state index contributed by atoms with van der Waals surface area (Å²) in [5.74, 6) is -0.662. The van der Waals surface area contributed by atoms with E-state index in [0.29, 0.717) is 11.1 Å². The Morgan fingerprint density at radius 3 is 2.54 bits per heavy atom. The molecule has 138 valence electrons. The number of aryl methyl sites for hydroxylation is 3. The van der Waals surface area contributed by atoms with Gasteiger partial charge >= 0.3 is 5.97 Å². The van der Waals surface area contributed by atoms with Gasteiger partial charge in [0, 0.05) is 13.6 Å². The lowest BCUT2D eigenvalue weighted by Gasteiger charge is -2.12. The van der Waals surface area contributed by atoms with Crippen molar-refractivity contribution in [2.45, 2.75) is 34.3 Å². The molecule has 0 spiro atoms. The lowest BCUT2D eigenvalue weighted by atomic mass is 10.0. The SMILES string of the molecule is CCN(C)/C=N/c1cc(C)c(C(=O)OCc2ccc(F)c(C)c2)cc1C. The molecule has 0 unspecified atom stereocenters. The van der Waals surface area contributed by atoms with Crippen molar-refractivity contribution in [3.63, 3.8) is 0 Å². The molecule has 4 nitrogen and oxygen atoms in total. The van der Waals surface area contributed by atoms with Crippen LogP contribution in [0.4, 0.5) is 10.1 Å². The fraction of sp³-hybridized carbons (Fsp3) is 0.333. The summed E-state index contributed by atoms with van der Waals surface area (Å²) in [7, 11) is 1.95. The van der Waals surface area contributed by atoms with Gasteiger partial charge in [-0.3, -0.25) is 0 Å². The number of halogens is 1. The van der Waals surface area contributed by atoms with Gasteiger partial charge < -0.3 is 9.64 Å². The highest BCUT2D eigenvalue weighted by atomic mass is 19.1. The average Bonchev–Trinajstić information content (AvgIpc) is 2.62. The Kier molecular flexibility index (Phi) is 6.50. The number of benzene rings is 2. The van der Waals surface area contributed by atoms with Gasteiger partial charge in [-0.1, -0.05) is 6.07 Å². The number of esters is 1. The number of hydrogen-bond acceptors (Lipinski definition) is 3. The zero-order valence-corrected chi connectivity index (χ0v) is 16.0. The standard InChI is InChI=1S/C21H25FN2O2/c1-6-24(5)13-23-20-11-14(2)18(10-16(20)4)21(25)26-12-17-7-8-19(22)15(3)9-17/h7-11,13H,6,12H2,1-5H3/b23-13+. The lowest BCUT2D eigenvalue weighted by Crippen LogP contribution is -2.14. The summed E-state index contributed by atoms with van der Waals surface area (Å²) in [5.41, 5.74) is 4.35. The van der Waals surface area contributed by atoms with Crippen molar-refractivity contribution in [2.24, 2.45) is 4.99 Å². The number of hydrogen-bond donors (Lipinski definition) is 0. The van der Waals surface area contributed by atoms with E-state index in [1.807, 2.05) is 38.8 Å². The normalized spacial score (nSPS) is 11.0. The third-order valence-electron chi connectivity index (χ3n) is 4.25. The lowest BCUT2D eigenvalue weighted by molar-refractivity contribution is 0.0471. The first-order valence-corrected chi connectivity index (χ1v) is 8.59. The van der Waals surface area contributed by atoms with Crippen LogP contribution in [0.2, 0.25) is 0 Å². The third kappa shape index (κ3) is 4.91. The Morgan fingerprint density at radius 2 is 1.88 bits per heavy atom. The number of rotatable bonds is 6. The number of nitrogens with zero attached hydrogens (tertiary/aromatic N) is 2. The van der Waals surface area contributed by atoms with Gasteiger partial charge in [0.25, 0.3) is 0 Å². The zero-order valence-electron chi connectivity index (χ0n) is 16.0. The van der Waals surface area contributed by atoms with Crippen LogP contribution in [0.3, 0.4) is 0 Å². The number of aliphatic imine (C=N–C) groups is 1. The minimum absolute atomic E-state index is 0.111. The first kappa shape index (κ1) is 19.6. The van der Waals surface area contributed by atoms with Crippen molar-refractivity contribution in [3.8, 4) is 0 Å². The van der Waals surface area contributed by atoms with Crippen LogP contribution in [0, 0.1) is 26.6 Å². The van der Waals surface area contributed by atoms with Crippen LogP contribution in [0.15, 0.2) is 35.3 Å². The molecule has 5 heteroatoms. The molecule has 0 aliphatic heterocycles. The van der Waals surface area contributed by atoms with Crippen LogP contribution in [0.5, 0.6) is 0 Å². The average molecular weight is 356 g/mol. The molecule has 2 aromatic rings. The summed E-state index contributed by atoms with van der Waals surface area (Å²) in [6.45, 7) is 8.49. The molecule has 0 bridgehead atoms. The van der Waals surface area contributed by atoms with Crippen LogP contribution in [-0.2, 0) is 11.3 Å². The van der Waals surface area contributed by atoms with Gasteiger partial charge in [-0.2, -0.15) is 0 Å². The van der Waals surface area contributed by atoms with Crippen molar-refractivity contribution in [1.29, 1.82) is 0 Å². The van der Waals surface area contributed by atoms with Gasteiger partial charge in [-0.15, -0.1) is 0 Å². The van der Waals surface area contributed by atoms with E-state index >= 15 is 0 Å². The van der Waals surface area contributed by atoms with Gasteiger partial charge in [-0.25, -0.2) is 14.2 Å². The fourth-order valence-electron chi connectivity index (χ4n) is 2.43. The predicted octanol–water partition coefficient (Wildman–Crippen LogP) is 4.72. The molecule has 26 heavy (non-hydrogen) atoms. The highest BCUT2D eigenvalue weighted by molar-refractivity contribution is 5.92. The Bertz CT molecular complexity index is 831. The summed E-state index contributed by atoms with van der Waals surface area (Å²) in [6.07, 6.45) is 1.77. The second kappa shape index (κ2) is 8.61. The van der Waals surface area contributed by atoms with Gasteiger partial charge in [0.2, 0.25) is 0 Å². The number of ether oxygens (including phenoxy) is 1. The van der Waals surface area contributed by atoms with Gasteiger partial charge in [0.1, 0.15) is 12.4 Å².